The number of rotatable bonds is 7. The van der Waals surface area contributed by atoms with Gasteiger partial charge in [-0.15, -0.1) is 0 Å². The SMILES string of the molecule is C=CN=C1C=C(Cl)C=C/C1=C\c1c(C)nc2c(C#N)c(C(F)F)nn2c1N1CC(OCCO)C1.FC(F)F. The van der Waals surface area contributed by atoms with Crippen LogP contribution in [0.2, 0.25) is 0 Å². The quantitative estimate of drug-likeness (QED) is 0.488. The third-order valence-electron chi connectivity index (χ3n) is 5.43. The van der Waals surface area contributed by atoms with Crippen LogP contribution in [0.4, 0.5) is 27.8 Å². The van der Waals surface area contributed by atoms with Crippen molar-refractivity contribution >= 4 is 34.9 Å². The van der Waals surface area contributed by atoms with E-state index in [4.69, 9.17) is 21.4 Å². The monoisotopic (exact) mass is 556 g/mol. The summed E-state index contributed by atoms with van der Waals surface area (Å²) in [5.41, 5.74) is 1.64. The number of aliphatic hydroxyl groups is 1. The van der Waals surface area contributed by atoms with E-state index in [1.54, 1.807) is 25.2 Å². The number of nitrogens with zero attached hydrogens (tertiary/aromatic N) is 6. The Morgan fingerprint density at radius 3 is 2.58 bits per heavy atom. The van der Waals surface area contributed by atoms with Crippen molar-refractivity contribution in [1.82, 2.24) is 14.6 Å². The number of aromatic nitrogens is 3. The Labute approximate surface area is 219 Å². The lowest BCUT2D eigenvalue weighted by Crippen LogP contribution is -2.53. The average Bonchev–Trinajstić information content (AvgIpc) is 3.19. The Hall–Kier alpha value is -3.60. The minimum absolute atomic E-state index is 0.0642. The summed E-state index contributed by atoms with van der Waals surface area (Å²) >= 11 is 6.13. The van der Waals surface area contributed by atoms with Gasteiger partial charge >= 0.3 is 6.68 Å². The molecule has 0 radical (unpaired) electrons. The molecule has 2 aromatic heterocycles. The second-order valence-corrected chi connectivity index (χ2v) is 8.31. The van der Waals surface area contributed by atoms with E-state index in [-0.39, 0.29) is 30.5 Å². The molecule has 38 heavy (non-hydrogen) atoms. The molecule has 0 bridgehead atoms. The van der Waals surface area contributed by atoms with E-state index >= 15 is 0 Å². The van der Waals surface area contributed by atoms with E-state index in [1.165, 1.54) is 10.7 Å². The smallest absolute Gasteiger partial charge is 0.379 e. The minimum Gasteiger partial charge on any atom is -0.394 e. The van der Waals surface area contributed by atoms with Gasteiger partial charge in [0.15, 0.2) is 5.65 Å². The van der Waals surface area contributed by atoms with E-state index in [2.05, 4.69) is 21.7 Å². The zero-order valence-corrected chi connectivity index (χ0v) is 20.7. The molecule has 0 atom stereocenters. The third-order valence-corrected chi connectivity index (χ3v) is 5.66. The van der Waals surface area contributed by atoms with Crippen molar-refractivity contribution in [2.45, 2.75) is 26.1 Å². The normalized spacial score (nSPS) is 17.6. The molecular weight excluding hydrogens is 535 g/mol. The van der Waals surface area contributed by atoms with Crippen LogP contribution in [0, 0.1) is 18.3 Å². The van der Waals surface area contributed by atoms with Gasteiger partial charge in [-0.1, -0.05) is 24.3 Å². The predicted molar refractivity (Wildman–Crippen MR) is 132 cm³/mol. The van der Waals surface area contributed by atoms with Crippen LogP contribution in [0.15, 0.2) is 46.6 Å². The highest BCUT2D eigenvalue weighted by Crippen LogP contribution is 2.34. The molecule has 1 fully saturated rings. The molecule has 8 nitrogen and oxygen atoms in total. The van der Waals surface area contributed by atoms with Gasteiger partial charge in [-0.25, -0.2) is 13.8 Å². The summed E-state index contributed by atoms with van der Waals surface area (Å²) in [6.45, 7) is 2.73. The van der Waals surface area contributed by atoms with E-state index in [0.29, 0.717) is 46.5 Å². The third kappa shape index (κ3) is 6.45. The van der Waals surface area contributed by atoms with E-state index in [0.717, 1.165) is 0 Å². The summed E-state index contributed by atoms with van der Waals surface area (Å²) < 4.78 is 63.2. The molecule has 0 unspecified atom stereocenters. The molecule has 1 saturated heterocycles. The zero-order valence-electron chi connectivity index (χ0n) is 20.0. The highest BCUT2D eigenvalue weighted by atomic mass is 35.5. The summed E-state index contributed by atoms with van der Waals surface area (Å²) in [5, 5.41) is 23.1. The summed E-state index contributed by atoms with van der Waals surface area (Å²) in [5.74, 6) is 0.509. The lowest BCUT2D eigenvalue weighted by atomic mass is 10.0. The molecule has 0 aromatic carbocycles. The molecule has 4 rings (SSSR count). The number of aliphatic imine (C=N–C) groups is 1. The van der Waals surface area contributed by atoms with Gasteiger partial charge in [0.2, 0.25) is 0 Å². The second kappa shape index (κ2) is 12.8. The van der Waals surface area contributed by atoms with Gasteiger partial charge < -0.3 is 14.7 Å². The van der Waals surface area contributed by atoms with Crippen LogP contribution in [0.5, 0.6) is 0 Å². The Morgan fingerprint density at radius 1 is 1.32 bits per heavy atom. The van der Waals surface area contributed by atoms with Crippen molar-refractivity contribution in [3.05, 3.63) is 64.1 Å². The lowest BCUT2D eigenvalue weighted by molar-refractivity contribution is 0.00818. The molecule has 2 aliphatic rings. The Morgan fingerprint density at radius 2 is 2.00 bits per heavy atom. The summed E-state index contributed by atoms with van der Waals surface area (Å²) in [7, 11) is 0. The van der Waals surface area contributed by atoms with Crippen molar-refractivity contribution in [2.24, 2.45) is 4.99 Å². The highest BCUT2D eigenvalue weighted by Gasteiger charge is 2.34. The number of aliphatic hydroxyl groups excluding tert-OH is 1. The Bertz CT molecular complexity index is 1350. The van der Waals surface area contributed by atoms with Crippen molar-refractivity contribution in [1.29, 1.82) is 5.26 Å². The zero-order chi connectivity index (χ0) is 28.0. The van der Waals surface area contributed by atoms with Crippen LogP contribution in [0.3, 0.4) is 0 Å². The van der Waals surface area contributed by atoms with Crippen LogP contribution in [0.25, 0.3) is 11.7 Å². The van der Waals surface area contributed by atoms with Crippen LogP contribution >= 0.6 is 11.6 Å². The number of nitriles is 1. The number of allylic oxidation sites excluding steroid dienone is 5. The number of fused-ring (bicyclic) bond motifs is 1. The van der Waals surface area contributed by atoms with E-state index < -0.39 is 18.8 Å². The summed E-state index contributed by atoms with van der Waals surface area (Å²) in [6, 6.07) is 1.82. The fourth-order valence-corrected chi connectivity index (χ4v) is 4.01. The maximum atomic E-state index is 13.7. The lowest BCUT2D eigenvalue weighted by Gasteiger charge is -2.41. The molecule has 1 N–H and O–H groups in total. The fourth-order valence-electron chi connectivity index (χ4n) is 3.85. The number of halogens is 6. The maximum Gasteiger partial charge on any atom is 0.379 e. The largest absolute Gasteiger partial charge is 0.394 e. The highest BCUT2D eigenvalue weighted by molar-refractivity contribution is 6.35. The topological polar surface area (TPSA) is 99.0 Å². The van der Waals surface area contributed by atoms with Crippen molar-refractivity contribution in [3.8, 4) is 6.07 Å². The van der Waals surface area contributed by atoms with Crippen LogP contribution in [-0.4, -0.2) is 64.5 Å². The maximum absolute atomic E-state index is 13.7. The van der Waals surface area contributed by atoms with Crippen LogP contribution in [0.1, 0.15) is 28.9 Å². The van der Waals surface area contributed by atoms with Gasteiger partial charge in [-0.2, -0.15) is 28.0 Å². The molecule has 1 aliphatic heterocycles. The van der Waals surface area contributed by atoms with Crippen molar-refractivity contribution in [2.75, 3.05) is 31.2 Å². The first-order valence-corrected chi connectivity index (χ1v) is 11.5. The number of hydrogen-bond acceptors (Lipinski definition) is 7. The summed E-state index contributed by atoms with van der Waals surface area (Å²) in [4.78, 5) is 10.6. The average molecular weight is 557 g/mol. The molecule has 3 heterocycles. The van der Waals surface area contributed by atoms with Crippen molar-refractivity contribution in [3.63, 3.8) is 0 Å². The number of ether oxygens (including phenoxy) is 1. The van der Waals surface area contributed by atoms with Gasteiger partial charge in [0.1, 0.15) is 23.1 Å². The molecule has 2 aromatic rings. The Balaban J connectivity index is 0.000000934. The molecule has 1 aliphatic carbocycles. The first-order chi connectivity index (χ1) is 18.1. The van der Waals surface area contributed by atoms with Crippen LogP contribution in [-0.2, 0) is 4.74 Å². The van der Waals surface area contributed by atoms with E-state index in [9.17, 15) is 27.2 Å². The molecule has 0 saturated carbocycles. The summed E-state index contributed by atoms with van der Waals surface area (Å²) in [6.07, 6.45) is 5.36. The Kier molecular flexibility index (Phi) is 9.73. The number of anilines is 1. The first-order valence-electron chi connectivity index (χ1n) is 11.1. The van der Waals surface area contributed by atoms with Crippen LogP contribution < -0.4 is 4.90 Å². The molecule has 202 valence electrons. The van der Waals surface area contributed by atoms with Crippen molar-refractivity contribution < 1.29 is 31.8 Å². The minimum atomic E-state index is -3.67. The van der Waals surface area contributed by atoms with Gasteiger partial charge in [-0.05, 0) is 25.2 Å². The predicted octanol–water partition coefficient (Wildman–Crippen LogP) is 4.88. The molecular formula is C24H22ClF5N6O2. The van der Waals surface area contributed by atoms with Gasteiger partial charge in [0, 0.05) is 35.5 Å². The van der Waals surface area contributed by atoms with Gasteiger partial charge in [-0.3, -0.25) is 4.99 Å². The molecule has 14 heteroatoms. The molecule has 0 spiro atoms. The fraction of sp³-hybridized carbons (Fsp3) is 0.333. The standard InChI is InChI=1S/C23H21ClF2N6O2.CHF3/c1-3-28-19-9-15(24)5-4-14(19)8-17-13(2)29-22-18(10-27)20(21(25)26)30-32(22)23(17)31-11-16(12-31)34-7-6-33;2-1(3)4/h3-5,8-9,16,21,33H,1,6-7,11-12H2,2H3;1H/b14-8+,28-19?;. The van der Waals surface area contributed by atoms with Gasteiger partial charge in [0.05, 0.1) is 30.7 Å². The second-order valence-electron chi connectivity index (χ2n) is 7.87. The number of aryl methyl sites for hydroxylation is 1. The number of hydrogen-bond donors (Lipinski definition) is 1. The van der Waals surface area contributed by atoms with E-state index in [1.807, 2.05) is 17.0 Å². The molecule has 0 amide bonds. The first kappa shape index (κ1) is 29.0. The van der Waals surface area contributed by atoms with Gasteiger partial charge in [0.25, 0.3) is 6.43 Å². The number of alkyl halides is 5.